The van der Waals surface area contributed by atoms with Crippen LogP contribution in [0, 0.1) is 0 Å². The van der Waals surface area contributed by atoms with Gasteiger partial charge in [0.05, 0.1) is 0 Å². The Bertz CT molecular complexity index is 1410. The van der Waals surface area contributed by atoms with Gasteiger partial charge in [-0.2, -0.15) is 0 Å². The highest BCUT2D eigenvalue weighted by Gasteiger charge is 2.19. The molecular formula is C76H140O6. The average molecular weight is 1150 g/mol. The van der Waals surface area contributed by atoms with Gasteiger partial charge in [0, 0.05) is 19.3 Å². The van der Waals surface area contributed by atoms with Crippen molar-refractivity contribution in [1.29, 1.82) is 0 Å². The molecular weight excluding hydrogens is 1010 g/mol. The van der Waals surface area contributed by atoms with Crippen molar-refractivity contribution in [2.75, 3.05) is 13.2 Å². The van der Waals surface area contributed by atoms with Crippen molar-refractivity contribution in [3.05, 3.63) is 48.6 Å². The second-order valence-electron chi connectivity index (χ2n) is 24.9. The van der Waals surface area contributed by atoms with Gasteiger partial charge in [0.1, 0.15) is 13.2 Å². The first-order valence-electron chi connectivity index (χ1n) is 36.6. The number of hydrogen-bond donors (Lipinski definition) is 0. The first-order chi connectivity index (χ1) is 40.5. The lowest BCUT2D eigenvalue weighted by molar-refractivity contribution is -0.167. The van der Waals surface area contributed by atoms with Crippen molar-refractivity contribution < 1.29 is 28.6 Å². The van der Waals surface area contributed by atoms with Crippen LogP contribution in [0.4, 0.5) is 0 Å². The monoisotopic (exact) mass is 1150 g/mol. The predicted octanol–water partition coefficient (Wildman–Crippen LogP) is 25.3. The average Bonchev–Trinajstić information content (AvgIpc) is 3.47. The summed E-state index contributed by atoms with van der Waals surface area (Å²) in [7, 11) is 0. The topological polar surface area (TPSA) is 78.9 Å². The smallest absolute Gasteiger partial charge is 0.306 e. The van der Waals surface area contributed by atoms with Crippen molar-refractivity contribution in [3.8, 4) is 0 Å². The first-order valence-corrected chi connectivity index (χ1v) is 36.6. The molecule has 0 rings (SSSR count). The van der Waals surface area contributed by atoms with Crippen molar-refractivity contribution in [1.82, 2.24) is 0 Å². The van der Waals surface area contributed by atoms with E-state index in [4.69, 9.17) is 14.2 Å². The summed E-state index contributed by atoms with van der Waals surface area (Å²) < 4.78 is 16.9. The second kappa shape index (κ2) is 70.9. The summed E-state index contributed by atoms with van der Waals surface area (Å²) in [6.45, 7) is 6.63. The lowest BCUT2D eigenvalue weighted by atomic mass is 10.0. The van der Waals surface area contributed by atoms with E-state index in [0.29, 0.717) is 19.3 Å². The Kier molecular flexibility index (Phi) is 68.6. The van der Waals surface area contributed by atoms with E-state index in [1.54, 1.807) is 0 Å². The van der Waals surface area contributed by atoms with Crippen molar-refractivity contribution >= 4 is 17.9 Å². The lowest BCUT2D eigenvalue weighted by Crippen LogP contribution is -2.30. The first kappa shape index (κ1) is 79.4. The van der Waals surface area contributed by atoms with Gasteiger partial charge >= 0.3 is 17.9 Å². The summed E-state index contributed by atoms with van der Waals surface area (Å²) in [6.07, 6.45) is 90.5. The van der Waals surface area contributed by atoms with Gasteiger partial charge in [0.2, 0.25) is 0 Å². The Morgan fingerprint density at radius 1 is 0.244 bits per heavy atom. The molecule has 0 spiro atoms. The van der Waals surface area contributed by atoms with E-state index in [1.807, 2.05) is 0 Å². The van der Waals surface area contributed by atoms with Crippen LogP contribution in [0.5, 0.6) is 0 Å². The normalized spacial score (nSPS) is 12.3. The fraction of sp³-hybridized carbons (Fsp3) is 0.855. The summed E-state index contributed by atoms with van der Waals surface area (Å²) in [4.78, 5) is 38.1. The molecule has 0 heterocycles. The highest BCUT2D eigenvalue weighted by molar-refractivity contribution is 5.71. The summed E-state index contributed by atoms with van der Waals surface area (Å²) in [5, 5.41) is 0. The van der Waals surface area contributed by atoms with Crippen LogP contribution in [0.15, 0.2) is 48.6 Å². The van der Waals surface area contributed by atoms with E-state index < -0.39 is 6.10 Å². The van der Waals surface area contributed by atoms with Crippen LogP contribution in [0.2, 0.25) is 0 Å². The summed E-state index contributed by atoms with van der Waals surface area (Å²) in [5.41, 5.74) is 0. The number of ether oxygens (including phenoxy) is 3. The predicted molar refractivity (Wildman–Crippen MR) is 358 cm³/mol. The Morgan fingerprint density at radius 3 is 0.695 bits per heavy atom. The Balaban J connectivity index is 3.95. The van der Waals surface area contributed by atoms with Gasteiger partial charge < -0.3 is 14.2 Å². The fourth-order valence-electron chi connectivity index (χ4n) is 11.0. The van der Waals surface area contributed by atoms with E-state index in [2.05, 4.69) is 69.4 Å². The zero-order valence-electron chi connectivity index (χ0n) is 55.3. The van der Waals surface area contributed by atoms with Gasteiger partial charge in [-0.05, 0) is 83.5 Å². The molecule has 0 aliphatic heterocycles. The zero-order valence-corrected chi connectivity index (χ0v) is 55.3. The number of esters is 3. The Labute approximate surface area is 511 Å². The Morgan fingerprint density at radius 2 is 0.439 bits per heavy atom. The molecule has 0 aromatic rings. The minimum absolute atomic E-state index is 0.0680. The van der Waals surface area contributed by atoms with Gasteiger partial charge in [0.25, 0.3) is 0 Å². The van der Waals surface area contributed by atoms with Crippen LogP contribution >= 0.6 is 0 Å². The fourth-order valence-corrected chi connectivity index (χ4v) is 11.0. The summed E-state index contributed by atoms with van der Waals surface area (Å²) in [5.74, 6) is -0.853. The molecule has 0 aliphatic rings. The largest absolute Gasteiger partial charge is 0.462 e. The maximum Gasteiger partial charge on any atom is 0.306 e. The number of hydrogen-bond acceptors (Lipinski definition) is 6. The van der Waals surface area contributed by atoms with Crippen LogP contribution in [0.25, 0.3) is 0 Å². The molecule has 82 heavy (non-hydrogen) atoms. The van der Waals surface area contributed by atoms with Gasteiger partial charge in [0.15, 0.2) is 6.10 Å². The van der Waals surface area contributed by atoms with E-state index >= 15 is 0 Å². The number of allylic oxidation sites excluding steroid dienone is 8. The van der Waals surface area contributed by atoms with Gasteiger partial charge in [-0.1, -0.05) is 345 Å². The molecule has 0 aliphatic carbocycles. The second-order valence-corrected chi connectivity index (χ2v) is 24.9. The van der Waals surface area contributed by atoms with Gasteiger partial charge in [-0.15, -0.1) is 0 Å². The van der Waals surface area contributed by atoms with Crippen LogP contribution in [0.1, 0.15) is 400 Å². The molecule has 0 aromatic heterocycles. The third-order valence-electron chi connectivity index (χ3n) is 16.6. The molecule has 480 valence electrons. The summed E-state index contributed by atoms with van der Waals surface area (Å²) in [6, 6.07) is 0. The quantitative estimate of drug-likeness (QED) is 0.0261. The molecule has 1 unspecified atom stereocenters. The third-order valence-corrected chi connectivity index (χ3v) is 16.6. The number of rotatable bonds is 68. The third kappa shape index (κ3) is 68.2. The molecule has 0 N–H and O–H groups in total. The maximum absolute atomic E-state index is 12.9. The molecule has 0 fully saturated rings. The minimum Gasteiger partial charge on any atom is -0.462 e. The SMILES string of the molecule is CCCCCCC/C=C\C/C=C\C/C=C\CCCCCCCCCCCCCCCCCCCCC(=O)OCC(COC(=O)CCCCCCCC)OC(=O)CCCCCCCCCCCCCCC/C=C\CCCCCCCCCC. The Hall–Kier alpha value is -2.63. The van der Waals surface area contributed by atoms with Crippen molar-refractivity contribution in [3.63, 3.8) is 0 Å². The molecule has 0 amide bonds. The zero-order chi connectivity index (χ0) is 59.2. The van der Waals surface area contributed by atoms with Gasteiger partial charge in [-0.25, -0.2) is 0 Å². The number of unbranched alkanes of at least 4 members (excludes halogenated alkanes) is 49. The molecule has 0 saturated carbocycles. The van der Waals surface area contributed by atoms with E-state index in [1.165, 1.54) is 289 Å². The molecule has 0 saturated heterocycles. The number of carbonyl (C=O) groups is 3. The standard InChI is InChI=1S/C76H140O6/c1-4-7-10-13-16-18-20-22-24-26-28-30-32-34-35-36-37-38-39-40-41-43-44-46-48-50-52-54-56-58-60-63-66-69-75(78)81-72-73(71-80-74(77)68-65-62-15-12-9-6-3)82-76(79)70-67-64-61-59-57-55-53-51-49-47-45-42-33-31-29-27-25-23-21-19-17-14-11-8-5-2/h20,22,26-29,32,34,73H,4-19,21,23-25,30-31,33,35-72H2,1-3H3/b22-20-,28-26-,29-27-,34-32-. The minimum atomic E-state index is -0.768. The molecule has 6 nitrogen and oxygen atoms in total. The number of carbonyl (C=O) groups excluding carboxylic acids is 3. The lowest BCUT2D eigenvalue weighted by Gasteiger charge is -2.18. The molecule has 0 radical (unpaired) electrons. The van der Waals surface area contributed by atoms with Crippen molar-refractivity contribution in [2.24, 2.45) is 0 Å². The highest BCUT2D eigenvalue weighted by Crippen LogP contribution is 2.18. The van der Waals surface area contributed by atoms with Gasteiger partial charge in [-0.3, -0.25) is 14.4 Å². The highest BCUT2D eigenvalue weighted by atomic mass is 16.6. The maximum atomic E-state index is 12.9. The molecule has 6 heteroatoms. The van der Waals surface area contributed by atoms with Crippen LogP contribution in [-0.2, 0) is 28.6 Å². The van der Waals surface area contributed by atoms with Crippen LogP contribution in [-0.4, -0.2) is 37.2 Å². The van der Waals surface area contributed by atoms with E-state index in [0.717, 1.165) is 70.6 Å². The van der Waals surface area contributed by atoms with E-state index in [9.17, 15) is 14.4 Å². The van der Waals surface area contributed by atoms with Crippen molar-refractivity contribution in [2.45, 2.75) is 406 Å². The van der Waals surface area contributed by atoms with Crippen LogP contribution < -0.4 is 0 Å². The summed E-state index contributed by atoms with van der Waals surface area (Å²) >= 11 is 0. The molecule has 0 bridgehead atoms. The van der Waals surface area contributed by atoms with Crippen LogP contribution in [0.3, 0.4) is 0 Å². The molecule has 0 aromatic carbocycles. The molecule has 1 atom stereocenters. The van der Waals surface area contributed by atoms with E-state index in [-0.39, 0.29) is 31.1 Å².